The van der Waals surface area contributed by atoms with Crippen molar-refractivity contribution in [2.75, 3.05) is 0 Å². The van der Waals surface area contributed by atoms with Gasteiger partial charge in [-0.25, -0.2) is 0 Å². The van der Waals surface area contributed by atoms with Gasteiger partial charge in [-0.3, -0.25) is 0 Å². The van der Waals surface area contributed by atoms with Gasteiger partial charge in [-0.15, -0.1) is 23.2 Å². The first kappa shape index (κ1) is 11.7. The summed E-state index contributed by atoms with van der Waals surface area (Å²) in [4.78, 5) is 0. The topological polar surface area (TPSA) is 0 Å². The summed E-state index contributed by atoms with van der Waals surface area (Å²) in [6, 6.07) is 1.76. The average molecular weight is 278 g/mol. The van der Waals surface area contributed by atoms with Crippen molar-refractivity contribution in [1.29, 1.82) is 0 Å². The predicted molar refractivity (Wildman–Crippen MR) is 60.6 cm³/mol. The van der Waals surface area contributed by atoms with Crippen LogP contribution in [0.2, 0.25) is 15.1 Å². The second-order valence-electron chi connectivity index (χ2n) is 2.40. The van der Waals surface area contributed by atoms with Gasteiger partial charge in [0.1, 0.15) is 0 Å². The van der Waals surface area contributed by atoms with Gasteiger partial charge in [0.05, 0.1) is 15.1 Å². The standard InChI is InChI=1S/C8H5Cl5/c9-2-4-1-5(3-10)7(12)8(13)6(4)11/h1H,2-3H2. The molecule has 72 valence electrons. The Labute approximate surface area is 102 Å². The summed E-state index contributed by atoms with van der Waals surface area (Å²) in [7, 11) is 0. The lowest BCUT2D eigenvalue weighted by molar-refractivity contribution is 1.32. The Morgan fingerprint density at radius 3 is 1.46 bits per heavy atom. The highest BCUT2D eigenvalue weighted by Crippen LogP contribution is 2.36. The quantitative estimate of drug-likeness (QED) is 0.520. The molecular weight excluding hydrogens is 273 g/mol. The Morgan fingerprint density at radius 2 is 1.15 bits per heavy atom. The van der Waals surface area contributed by atoms with Crippen LogP contribution in [0.5, 0.6) is 0 Å². The highest BCUT2D eigenvalue weighted by molar-refractivity contribution is 6.49. The van der Waals surface area contributed by atoms with Crippen molar-refractivity contribution < 1.29 is 0 Å². The number of hydrogen-bond acceptors (Lipinski definition) is 0. The third-order valence-corrected chi connectivity index (χ3v) is 3.60. The van der Waals surface area contributed by atoms with Crippen LogP contribution in [-0.2, 0) is 11.8 Å². The summed E-state index contributed by atoms with van der Waals surface area (Å²) in [6.45, 7) is 0. The Kier molecular flexibility index (Phi) is 4.47. The smallest absolute Gasteiger partial charge is 0.0784 e. The fourth-order valence-corrected chi connectivity index (χ4v) is 2.19. The molecule has 0 aliphatic rings. The zero-order chi connectivity index (χ0) is 10.0. The maximum Gasteiger partial charge on any atom is 0.0784 e. The molecule has 0 aromatic heterocycles. The molecule has 0 saturated heterocycles. The summed E-state index contributed by atoms with van der Waals surface area (Å²) in [5, 5.41) is 1.11. The average Bonchev–Trinajstić information content (AvgIpc) is 2.15. The lowest BCUT2D eigenvalue weighted by Crippen LogP contribution is -1.89. The molecule has 1 aromatic carbocycles. The number of halogens is 5. The first-order valence-corrected chi connectivity index (χ1v) is 5.59. The van der Waals surface area contributed by atoms with Crippen LogP contribution in [0.25, 0.3) is 0 Å². The molecule has 1 rings (SSSR count). The highest BCUT2D eigenvalue weighted by Gasteiger charge is 2.12. The zero-order valence-electron chi connectivity index (χ0n) is 6.38. The first-order chi connectivity index (χ1) is 6.11. The molecule has 5 heteroatoms. The van der Waals surface area contributed by atoms with Crippen molar-refractivity contribution in [3.05, 3.63) is 32.3 Å². The van der Waals surface area contributed by atoms with E-state index in [4.69, 9.17) is 58.0 Å². The molecule has 0 fully saturated rings. The molecule has 0 bridgehead atoms. The molecule has 0 unspecified atom stereocenters. The van der Waals surface area contributed by atoms with Gasteiger partial charge in [0.25, 0.3) is 0 Å². The molecule has 0 amide bonds. The third kappa shape index (κ3) is 2.37. The van der Waals surface area contributed by atoms with Crippen LogP contribution in [0, 0.1) is 0 Å². The second kappa shape index (κ2) is 4.95. The van der Waals surface area contributed by atoms with Gasteiger partial charge in [0.2, 0.25) is 0 Å². The molecule has 13 heavy (non-hydrogen) atoms. The Bertz CT molecular complexity index is 293. The van der Waals surface area contributed by atoms with E-state index in [0.29, 0.717) is 26.8 Å². The van der Waals surface area contributed by atoms with E-state index >= 15 is 0 Å². The van der Waals surface area contributed by atoms with Crippen LogP contribution in [0.15, 0.2) is 6.07 Å². The molecule has 0 nitrogen and oxygen atoms in total. The fourth-order valence-electron chi connectivity index (χ4n) is 0.910. The second-order valence-corrected chi connectivity index (χ2v) is 4.07. The number of alkyl halides is 2. The van der Waals surface area contributed by atoms with Gasteiger partial charge in [-0.1, -0.05) is 40.9 Å². The van der Waals surface area contributed by atoms with Crippen molar-refractivity contribution in [3.63, 3.8) is 0 Å². The lowest BCUT2D eigenvalue weighted by atomic mass is 10.1. The van der Waals surface area contributed by atoms with Gasteiger partial charge in [0.15, 0.2) is 0 Å². The summed E-state index contributed by atoms with van der Waals surface area (Å²) >= 11 is 28.9. The number of benzene rings is 1. The minimum atomic E-state index is 0.291. The molecule has 0 atom stereocenters. The summed E-state index contributed by atoms with van der Waals surface area (Å²) in [6.07, 6.45) is 0. The largest absolute Gasteiger partial charge is 0.121 e. The van der Waals surface area contributed by atoms with Crippen LogP contribution >= 0.6 is 58.0 Å². The van der Waals surface area contributed by atoms with E-state index in [1.165, 1.54) is 0 Å². The first-order valence-electron chi connectivity index (χ1n) is 3.39. The molecule has 0 radical (unpaired) electrons. The SMILES string of the molecule is ClCc1cc(CCl)c(Cl)c(Cl)c1Cl. The highest BCUT2D eigenvalue weighted by atomic mass is 35.5. The van der Waals surface area contributed by atoms with E-state index in [0.717, 1.165) is 11.1 Å². The van der Waals surface area contributed by atoms with E-state index in [2.05, 4.69) is 0 Å². The Morgan fingerprint density at radius 1 is 0.769 bits per heavy atom. The van der Waals surface area contributed by atoms with Crippen LogP contribution in [0.3, 0.4) is 0 Å². The van der Waals surface area contributed by atoms with E-state index < -0.39 is 0 Å². The normalized spacial score (nSPS) is 10.5. The van der Waals surface area contributed by atoms with Gasteiger partial charge in [-0.05, 0) is 11.1 Å². The molecule has 0 N–H and O–H groups in total. The monoisotopic (exact) mass is 276 g/mol. The molecule has 1 aromatic rings. The maximum atomic E-state index is 5.88. The molecule has 0 aliphatic carbocycles. The zero-order valence-corrected chi connectivity index (χ0v) is 10.2. The van der Waals surface area contributed by atoms with Gasteiger partial charge < -0.3 is 0 Å². The van der Waals surface area contributed by atoms with Gasteiger partial charge in [-0.2, -0.15) is 0 Å². The molecular formula is C8H5Cl5. The number of rotatable bonds is 2. The minimum Gasteiger partial charge on any atom is -0.121 e. The Balaban J connectivity index is 3.36. The maximum absolute atomic E-state index is 5.88. The van der Waals surface area contributed by atoms with E-state index in [-0.39, 0.29) is 0 Å². The van der Waals surface area contributed by atoms with Crippen LogP contribution < -0.4 is 0 Å². The Hall–Kier alpha value is 0.670. The van der Waals surface area contributed by atoms with Gasteiger partial charge >= 0.3 is 0 Å². The van der Waals surface area contributed by atoms with Crippen molar-refractivity contribution in [2.45, 2.75) is 11.8 Å². The number of hydrogen-bond donors (Lipinski definition) is 0. The van der Waals surface area contributed by atoms with E-state index in [1.54, 1.807) is 6.07 Å². The summed E-state index contributed by atoms with van der Waals surface area (Å²) < 4.78 is 0. The molecule has 0 saturated carbocycles. The third-order valence-electron chi connectivity index (χ3n) is 1.59. The summed E-state index contributed by atoms with van der Waals surface area (Å²) in [5.41, 5.74) is 1.49. The van der Waals surface area contributed by atoms with Gasteiger partial charge in [0, 0.05) is 11.8 Å². The molecule has 0 aliphatic heterocycles. The van der Waals surface area contributed by atoms with Crippen molar-refractivity contribution in [2.24, 2.45) is 0 Å². The van der Waals surface area contributed by atoms with Crippen LogP contribution in [-0.4, -0.2) is 0 Å². The lowest BCUT2D eigenvalue weighted by Gasteiger charge is -2.08. The van der Waals surface area contributed by atoms with E-state index in [9.17, 15) is 0 Å². The molecule has 0 heterocycles. The minimum absolute atomic E-state index is 0.291. The van der Waals surface area contributed by atoms with Crippen LogP contribution in [0.4, 0.5) is 0 Å². The molecule has 0 spiro atoms. The van der Waals surface area contributed by atoms with Crippen LogP contribution in [0.1, 0.15) is 11.1 Å². The van der Waals surface area contributed by atoms with Crippen molar-refractivity contribution in [3.8, 4) is 0 Å². The van der Waals surface area contributed by atoms with Crippen molar-refractivity contribution in [1.82, 2.24) is 0 Å². The van der Waals surface area contributed by atoms with Crippen molar-refractivity contribution >= 4 is 58.0 Å². The fraction of sp³-hybridized carbons (Fsp3) is 0.250. The van der Waals surface area contributed by atoms with E-state index in [1.807, 2.05) is 0 Å². The predicted octanol–water partition coefficient (Wildman–Crippen LogP) is 5.12. The summed E-state index contributed by atoms with van der Waals surface area (Å²) in [5.74, 6) is 0.583.